The van der Waals surface area contributed by atoms with Crippen LogP contribution in [0.25, 0.3) is 0 Å². The van der Waals surface area contributed by atoms with E-state index in [1.165, 1.54) is 32.4 Å². The lowest BCUT2D eigenvalue weighted by molar-refractivity contribution is 0.229. The number of hydrazine groups is 1. The Hall–Kier alpha value is -0.120. The molecule has 3 N–H and O–H groups in total. The third kappa shape index (κ3) is 2.64. The summed E-state index contributed by atoms with van der Waals surface area (Å²) in [6, 6.07) is 0. The van der Waals surface area contributed by atoms with Gasteiger partial charge in [-0.3, -0.25) is 11.3 Å². The first-order valence-corrected chi connectivity index (χ1v) is 4.09. The van der Waals surface area contributed by atoms with Crippen molar-refractivity contribution in [1.82, 2.24) is 10.3 Å². The van der Waals surface area contributed by atoms with E-state index in [0.717, 1.165) is 13.1 Å². The van der Waals surface area contributed by atoms with Gasteiger partial charge in [-0.05, 0) is 25.9 Å². The Labute approximate surface area is 62.5 Å². The number of nitrogens with two attached hydrogens (primary N) is 1. The fourth-order valence-electron chi connectivity index (χ4n) is 1.41. The van der Waals surface area contributed by atoms with Crippen LogP contribution in [0.4, 0.5) is 0 Å². The second kappa shape index (κ2) is 4.66. The lowest BCUT2D eigenvalue weighted by Gasteiger charge is -2.25. The summed E-state index contributed by atoms with van der Waals surface area (Å²) in [6.45, 7) is 4.56. The smallest absolute Gasteiger partial charge is 0.0225 e. The van der Waals surface area contributed by atoms with Gasteiger partial charge in [0.1, 0.15) is 0 Å². The number of likely N-dealkylation sites (tertiary alicyclic amines) is 1. The van der Waals surface area contributed by atoms with Gasteiger partial charge in [-0.15, -0.1) is 0 Å². The van der Waals surface area contributed by atoms with Crippen LogP contribution in [-0.4, -0.2) is 31.1 Å². The number of hydrogen-bond acceptors (Lipinski definition) is 3. The predicted molar refractivity (Wildman–Crippen MR) is 42.5 cm³/mol. The van der Waals surface area contributed by atoms with Gasteiger partial charge in [-0.2, -0.15) is 0 Å². The van der Waals surface area contributed by atoms with Crippen molar-refractivity contribution < 1.29 is 0 Å². The summed E-state index contributed by atoms with van der Waals surface area (Å²) in [5, 5.41) is 0. The molecule has 0 amide bonds. The molecule has 60 valence electrons. The van der Waals surface area contributed by atoms with Crippen LogP contribution in [0.3, 0.4) is 0 Å². The molecule has 0 aromatic rings. The van der Waals surface area contributed by atoms with E-state index in [2.05, 4.69) is 10.3 Å². The Morgan fingerprint density at radius 3 is 2.50 bits per heavy atom. The van der Waals surface area contributed by atoms with E-state index in [0.29, 0.717) is 0 Å². The second-order valence-corrected chi connectivity index (χ2v) is 2.86. The van der Waals surface area contributed by atoms with Crippen LogP contribution in [0.15, 0.2) is 0 Å². The van der Waals surface area contributed by atoms with E-state index in [1.54, 1.807) is 0 Å². The fraction of sp³-hybridized carbons (Fsp3) is 1.00. The highest BCUT2D eigenvalue weighted by molar-refractivity contribution is 4.64. The van der Waals surface area contributed by atoms with Crippen LogP contribution in [0, 0.1) is 0 Å². The molecule has 1 fully saturated rings. The molecular formula is C7H17N3. The molecule has 1 heterocycles. The van der Waals surface area contributed by atoms with Crippen LogP contribution in [0.5, 0.6) is 0 Å². The molecule has 3 heteroatoms. The van der Waals surface area contributed by atoms with E-state index < -0.39 is 0 Å². The fourth-order valence-corrected chi connectivity index (χ4v) is 1.41. The van der Waals surface area contributed by atoms with Crippen molar-refractivity contribution in [2.75, 3.05) is 26.2 Å². The maximum atomic E-state index is 5.17. The minimum atomic E-state index is 0.917. The molecule has 0 aromatic heterocycles. The molecule has 1 aliphatic rings. The molecule has 1 rings (SSSR count). The zero-order valence-corrected chi connectivity index (χ0v) is 6.47. The molecule has 0 bridgehead atoms. The second-order valence-electron chi connectivity index (χ2n) is 2.86. The van der Waals surface area contributed by atoms with E-state index in [9.17, 15) is 0 Å². The Bertz CT molecular complexity index is 78.9. The Balaban J connectivity index is 2.02. The number of piperidine rings is 1. The monoisotopic (exact) mass is 143 g/mol. The molecule has 0 atom stereocenters. The first-order valence-electron chi connectivity index (χ1n) is 4.09. The minimum Gasteiger partial charge on any atom is -0.302 e. The Morgan fingerprint density at radius 1 is 1.20 bits per heavy atom. The lowest BCUT2D eigenvalue weighted by Crippen LogP contribution is -2.37. The molecule has 0 aromatic carbocycles. The SMILES string of the molecule is NNCCN1CCCCC1. The van der Waals surface area contributed by atoms with Gasteiger partial charge >= 0.3 is 0 Å². The van der Waals surface area contributed by atoms with Crippen molar-refractivity contribution >= 4 is 0 Å². The quantitative estimate of drug-likeness (QED) is 0.429. The van der Waals surface area contributed by atoms with Crippen LogP contribution in [0.2, 0.25) is 0 Å². The minimum absolute atomic E-state index is 0.917. The standard InChI is InChI=1S/C7H17N3/c8-9-4-7-10-5-2-1-3-6-10/h9H,1-8H2. The van der Waals surface area contributed by atoms with Crippen molar-refractivity contribution in [1.29, 1.82) is 0 Å². The first-order chi connectivity index (χ1) is 4.93. The van der Waals surface area contributed by atoms with E-state index in [1.807, 2.05) is 0 Å². The van der Waals surface area contributed by atoms with Crippen molar-refractivity contribution in [3.05, 3.63) is 0 Å². The third-order valence-electron chi connectivity index (χ3n) is 2.02. The number of nitrogens with zero attached hydrogens (tertiary/aromatic N) is 1. The molecule has 0 spiro atoms. The molecular weight excluding hydrogens is 126 g/mol. The van der Waals surface area contributed by atoms with Gasteiger partial charge in [0.15, 0.2) is 0 Å². The maximum absolute atomic E-state index is 5.17. The number of hydrogen-bond donors (Lipinski definition) is 2. The molecule has 0 aliphatic carbocycles. The highest BCUT2D eigenvalue weighted by Crippen LogP contribution is 2.06. The van der Waals surface area contributed by atoms with Crippen molar-refractivity contribution in [3.8, 4) is 0 Å². The van der Waals surface area contributed by atoms with Gasteiger partial charge < -0.3 is 4.90 Å². The highest BCUT2D eigenvalue weighted by Gasteiger charge is 2.07. The summed E-state index contributed by atoms with van der Waals surface area (Å²) in [5.41, 5.74) is 2.67. The normalized spacial score (nSPS) is 21.3. The topological polar surface area (TPSA) is 41.3 Å². The number of nitrogens with one attached hydrogen (secondary N) is 1. The maximum Gasteiger partial charge on any atom is 0.0225 e. The third-order valence-corrected chi connectivity index (χ3v) is 2.02. The largest absolute Gasteiger partial charge is 0.302 e. The molecule has 0 saturated carbocycles. The van der Waals surface area contributed by atoms with Gasteiger partial charge in [0.05, 0.1) is 0 Å². The van der Waals surface area contributed by atoms with Gasteiger partial charge in [-0.1, -0.05) is 6.42 Å². The van der Waals surface area contributed by atoms with Crippen molar-refractivity contribution in [3.63, 3.8) is 0 Å². The molecule has 1 aliphatic heterocycles. The molecule has 3 nitrogen and oxygen atoms in total. The summed E-state index contributed by atoms with van der Waals surface area (Å²) in [4.78, 5) is 2.46. The Morgan fingerprint density at radius 2 is 1.90 bits per heavy atom. The molecule has 0 radical (unpaired) electrons. The average molecular weight is 143 g/mol. The van der Waals surface area contributed by atoms with Gasteiger partial charge in [0.2, 0.25) is 0 Å². The van der Waals surface area contributed by atoms with Crippen LogP contribution in [0.1, 0.15) is 19.3 Å². The van der Waals surface area contributed by atoms with Crippen molar-refractivity contribution in [2.45, 2.75) is 19.3 Å². The summed E-state index contributed by atoms with van der Waals surface area (Å²) in [7, 11) is 0. The van der Waals surface area contributed by atoms with Crippen LogP contribution >= 0.6 is 0 Å². The van der Waals surface area contributed by atoms with Gasteiger partial charge in [0.25, 0.3) is 0 Å². The molecule has 0 unspecified atom stereocenters. The van der Waals surface area contributed by atoms with Crippen molar-refractivity contribution in [2.24, 2.45) is 5.84 Å². The van der Waals surface area contributed by atoms with E-state index in [-0.39, 0.29) is 0 Å². The summed E-state index contributed by atoms with van der Waals surface area (Å²) in [5.74, 6) is 5.17. The van der Waals surface area contributed by atoms with Crippen LogP contribution < -0.4 is 11.3 Å². The average Bonchev–Trinajstić information content (AvgIpc) is 2.03. The number of rotatable bonds is 3. The zero-order chi connectivity index (χ0) is 7.23. The Kier molecular flexibility index (Phi) is 3.72. The van der Waals surface area contributed by atoms with Gasteiger partial charge in [0, 0.05) is 13.1 Å². The zero-order valence-electron chi connectivity index (χ0n) is 6.47. The molecule has 1 saturated heterocycles. The van der Waals surface area contributed by atoms with Crippen LogP contribution in [-0.2, 0) is 0 Å². The summed E-state index contributed by atoms with van der Waals surface area (Å²) in [6.07, 6.45) is 4.14. The van der Waals surface area contributed by atoms with Gasteiger partial charge in [-0.25, -0.2) is 0 Å². The molecule has 10 heavy (non-hydrogen) atoms. The highest BCUT2D eigenvalue weighted by atomic mass is 15.2. The summed E-state index contributed by atoms with van der Waals surface area (Å²) >= 11 is 0. The predicted octanol–water partition coefficient (Wildman–Crippen LogP) is -0.0644. The summed E-state index contributed by atoms with van der Waals surface area (Å²) < 4.78 is 0. The first kappa shape index (κ1) is 7.98. The lowest BCUT2D eigenvalue weighted by atomic mass is 10.1. The van der Waals surface area contributed by atoms with E-state index >= 15 is 0 Å². The van der Waals surface area contributed by atoms with E-state index in [4.69, 9.17) is 5.84 Å².